The van der Waals surface area contributed by atoms with Crippen molar-refractivity contribution >= 4 is 5.96 Å². The Hall–Kier alpha value is -2.31. The Morgan fingerprint density at radius 3 is 2.86 bits per heavy atom. The van der Waals surface area contributed by atoms with Gasteiger partial charge in [0.15, 0.2) is 5.96 Å². The molecule has 2 heterocycles. The van der Waals surface area contributed by atoms with Crippen molar-refractivity contribution in [3.63, 3.8) is 0 Å². The summed E-state index contributed by atoms with van der Waals surface area (Å²) in [5, 5.41) is 10.7. The Balaban J connectivity index is 1.68. The molecule has 0 aliphatic heterocycles. The molecule has 0 saturated carbocycles. The molecule has 0 aromatic carbocycles. The number of imidazole rings is 1. The predicted molar refractivity (Wildman–Crippen MR) is 83.1 cm³/mol. The van der Waals surface area contributed by atoms with Gasteiger partial charge in [-0.3, -0.25) is 9.67 Å². The van der Waals surface area contributed by atoms with E-state index in [1.54, 1.807) is 12.4 Å². The van der Waals surface area contributed by atoms with Gasteiger partial charge >= 0.3 is 0 Å². The summed E-state index contributed by atoms with van der Waals surface area (Å²) in [7, 11) is 0. The van der Waals surface area contributed by atoms with Gasteiger partial charge in [0.05, 0.1) is 6.33 Å². The largest absolute Gasteiger partial charge is 0.357 e. The van der Waals surface area contributed by atoms with Crippen LogP contribution >= 0.6 is 0 Å². The first kappa shape index (κ1) is 15.1. The summed E-state index contributed by atoms with van der Waals surface area (Å²) in [4.78, 5) is 8.58. The summed E-state index contributed by atoms with van der Waals surface area (Å²) < 4.78 is 3.96. The molecule has 2 N–H and O–H groups in total. The van der Waals surface area contributed by atoms with Gasteiger partial charge in [0.25, 0.3) is 0 Å². The number of nitrogens with one attached hydrogen (secondary N) is 2. The topological polar surface area (TPSA) is 72.1 Å². The number of guanidine groups is 1. The minimum absolute atomic E-state index is 0.778. The van der Waals surface area contributed by atoms with E-state index in [1.165, 1.54) is 0 Å². The van der Waals surface area contributed by atoms with Gasteiger partial charge in [-0.25, -0.2) is 4.98 Å². The van der Waals surface area contributed by atoms with Crippen molar-refractivity contribution in [3.05, 3.63) is 37.2 Å². The van der Waals surface area contributed by atoms with Crippen LogP contribution in [0.2, 0.25) is 0 Å². The van der Waals surface area contributed by atoms with Crippen LogP contribution < -0.4 is 10.6 Å². The van der Waals surface area contributed by atoms with Crippen LogP contribution in [0.4, 0.5) is 0 Å². The second-order valence-corrected chi connectivity index (χ2v) is 4.61. The number of aryl methyl sites for hydroxylation is 1. The fraction of sp³-hybridized carbons (Fsp3) is 0.500. The smallest absolute Gasteiger partial charge is 0.191 e. The first-order valence-corrected chi connectivity index (χ1v) is 7.34. The second kappa shape index (κ2) is 8.78. The van der Waals surface area contributed by atoms with Crippen molar-refractivity contribution in [3.8, 4) is 0 Å². The van der Waals surface area contributed by atoms with Gasteiger partial charge in [0.1, 0.15) is 0 Å². The van der Waals surface area contributed by atoms with Crippen LogP contribution in [0.1, 0.15) is 13.3 Å². The molecule has 0 aliphatic carbocycles. The Kier molecular flexibility index (Phi) is 6.31. The lowest BCUT2D eigenvalue weighted by Crippen LogP contribution is -2.38. The highest BCUT2D eigenvalue weighted by Crippen LogP contribution is 1.90. The summed E-state index contributed by atoms with van der Waals surface area (Å²) in [5.41, 5.74) is 0. The van der Waals surface area contributed by atoms with E-state index in [9.17, 15) is 0 Å². The Morgan fingerprint density at radius 2 is 2.14 bits per heavy atom. The Bertz CT molecular complexity index is 501. The van der Waals surface area contributed by atoms with E-state index in [0.717, 1.165) is 45.1 Å². The lowest BCUT2D eigenvalue weighted by Gasteiger charge is -2.11. The number of hydrogen-bond acceptors (Lipinski definition) is 3. The van der Waals surface area contributed by atoms with E-state index in [-0.39, 0.29) is 0 Å². The zero-order valence-corrected chi connectivity index (χ0v) is 12.4. The molecule has 0 aliphatic rings. The molecule has 2 aromatic rings. The zero-order valence-electron chi connectivity index (χ0n) is 12.4. The monoisotopic (exact) mass is 289 g/mol. The Morgan fingerprint density at radius 1 is 1.19 bits per heavy atom. The lowest BCUT2D eigenvalue weighted by molar-refractivity contribution is 0.583. The molecule has 2 aromatic heterocycles. The molecular formula is C14H23N7. The molecule has 21 heavy (non-hydrogen) atoms. The van der Waals surface area contributed by atoms with Crippen LogP contribution in [0.25, 0.3) is 0 Å². The van der Waals surface area contributed by atoms with Crippen molar-refractivity contribution in [1.82, 2.24) is 30.0 Å². The fourth-order valence-corrected chi connectivity index (χ4v) is 1.92. The Labute approximate surface area is 125 Å². The van der Waals surface area contributed by atoms with Crippen molar-refractivity contribution in [1.29, 1.82) is 0 Å². The van der Waals surface area contributed by atoms with E-state index >= 15 is 0 Å². The van der Waals surface area contributed by atoms with E-state index in [0.29, 0.717) is 0 Å². The van der Waals surface area contributed by atoms with Crippen molar-refractivity contribution in [2.75, 3.05) is 19.6 Å². The van der Waals surface area contributed by atoms with Crippen LogP contribution in [-0.4, -0.2) is 44.9 Å². The van der Waals surface area contributed by atoms with Gasteiger partial charge < -0.3 is 15.2 Å². The van der Waals surface area contributed by atoms with Gasteiger partial charge in [0, 0.05) is 57.5 Å². The maximum absolute atomic E-state index is 4.56. The van der Waals surface area contributed by atoms with Crippen molar-refractivity contribution in [2.45, 2.75) is 26.4 Å². The van der Waals surface area contributed by atoms with Crippen LogP contribution in [0.3, 0.4) is 0 Å². The van der Waals surface area contributed by atoms with Crippen LogP contribution in [0, 0.1) is 0 Å². The maximum Gasteiger partial charge on any atom is 0.191 e. The van der Waals surface area contributed by atoms with Gasteiger partial charge in [-0.2, -0.15) is 5.10 Å². The third-order valence-electron chi connectivity index (χ3n) is 2.94. The van der Waals surface area contributed by atoms with Gasteiger partial charge in [-0.15, -0.1) is 0 Å². The number of rotatable bonds is 8. The normalized spacial score (nSPS) is 11.6. The van der Waals surface area contributed by atoms with Crippen LogP contribution in [0.5, 0.6) is 0 Å². The number of hydrogen-bond donors (Lipinski definition) is 2. The van der Waals surface area contributed by atoms with Gasteiger partial charge in [-0.05, 0) is 19.4 Å². The summed E-state index contributed by atoms with van der Waals surface area (Å²) in [6.45, 7) is 6.29. The molecule has 7 heteroatoms. The molecule has 0 unspecified atom stereocenters. The molecule has 0 spiro atoms. The van der Waals surface area contributed by atoms with E-state index in [4.69, 9.17) is 0 Å². The predicted octanol–water partition coefficient (Wildman–Crippen LogP) is 0.725. The molecule has 0 saturated heterocycles. The quantitative estimate of drug-likeness (QED) is 0.427. The molecule has 7 nitrogen and oxygen atoms in total. The molecule has 0 fully saturated rings. The zero-order chi connectivity index (χ0) is 14.8. The van der Waals surface area contributed by atoms with Crippen LogP contribution in [-0.2, 0) is 13.1 Å². The summed E-state index contributed by atoms with van der Waals surface area (Å²) in [5.74, 6) is 0.859. The van der Waals surface area contributed by atoms with E-state index in [1.807, 2.05) is 34.0 Å². The fourth-order valence-electron chi connectivity index (χ4n) is 1.92. The SMILES string of the molecule is CCNC(=NCCCn1cccn1)NCCn1ccnc1. The first-order chi connectivity index (χ1) is 10.4. The van der Waals surface area contributed by atoms with Crippen molar-refractivity contribution in [2.24, 2.45) is 4.99 Å². The molecule has 0 bridgehead atoms. The molecule has 0 amide bonds. The highest BCUT2D eigenvalue weighted by atomic mass is 15.3. The summed E-state index contributed by atoms with van der Waals surface area (Å²) >= 11 is 0. The summed E-state index contributed by atoms with van der Waals surface area (Å²) in [6, 6.07) is 1.94. The molecule has 0 atom stereocenters. The third-order valence-corrected chi connectivity index (χ3v) is 2.94. The number of aromatic nitrogens is 4. The second-order valence-electron chi connectivity index (χ2n) is 4.61. The first-order valence-electron chi connectivity index (χ1n) is 7.34. The molecule has 0 radical (unpaired) electrons. The number of nitrogens with zero attached hydrogens (tertiary/aromatic N) is 5. The average molecular weight is 289 g/mol. The van der Waals surface area contributed by atoms with Gasteiger partial charge in [-0.1, -0.05) is 0 Å². The van der Waals surface area contributed by atoms with Crippen molar-refractivity contribution < 1.29 is 0 Å². The highest BCUT2D eigenvalue weighted by Gasteiger charge is 1.97. The van der Waals surface area contributed by atoms with E-state index in [2.05, 4.69) is 32.6 Å². The number of aliphatic imine (C=N–C) groups is 1. The highest BCUT2D eigenvalue weighted by molar-refractivity contribution is 5.79. The minimum atomic E-state index is 0.778. The summed E-state index contributed by atoms with van der Waals surface area (Å²) in [6.07, 6.45) is 10.3. The van der Waals surface area contributed by atoms with E-state index < -0.39 is 0 Å². The average Bonchev–Trinajstić information content (AvgIpc) is 3.17. The maximum atomic E-state index is 4.56. The molecular weight excluding hydrogens is 266 g/mol. The van der Waals surface area contributed by atoms with Crippen LogP contribution in [0.15, 0.2) is 42.2 Å². The third kappa shape index (κ3) is 5.68. The minimum Gasteiger partial charge on any atom is -0.357 e. The molecule has 114 valence electrons. The van der Waals surface area contributed by atoms with Gasteiger partial charge in [0.2, 0.25) is 0 Å². The standard InChI is InChI=1S/C14H23N7/c1-2-16-14(18-8-12-20-11-7-15-13-20)17-5-3-9-21-10-4-6-19-21/h4,6-7,10-11,13H,2-3,5,8-9,12H2,1H3,(H2,16,17,18). The lowest BCUT2D eigenvalue weighted by atomic mass is 10.4. The molecule has 2 rings (SSSR count).